The van der Waals surface area contributed by atoms with E-state index in [4.69, 9.17) is 5.11 Å². The molecule has 112 valence electrons. The van der Waals surface area contributed by atoms with E-state index in [1.54, 1.807) is 18.1 Å². The van der Waals surface area contributed by atoms with E-state index in [9.17, 15) is 9.59 Å². The van der Waals surface area contributed by atoms with Gasteiger partial charge in [-0.05, 0) is 50.4 Å². The number of carboxylic acids is 1. The summed E-state index contributed by atoms with van der Waals surface area (Å²) in [6, 6.07) is 3.79. The number of aromatic amines is 1. The maximum Gasteiger partial charge on any atom is 0.303 e. The minimum absolute atomic E-state index is 0.0595. The number of nitrogens with zero attached hydrogens (tertiary/aromatic N) is 1. The number of fused-ring (bicyclic) bond motifs is 1. The number of nitrogens with one attached hydrogen (secondary N) is 1. The number of rotatable bonds is 5. The van der Waals surface area contributed by atoms with Gasteiger partial charge >= 0.3 is 5.97 Å². The van der Waals surface area contributed by atoms with Crippen LogP contribution in [0.15, 0.2) is 27.3 Å². The first-order chi connectivity index (χ1) is 9.90. The lowest BCUT2D eigenvalue weighted by Crippen LogP contribution is -2.27. The second kappa shape index (κ2) is 6.62. The molecule has 0 aliphatic rings. The van der Waals surface area contributed by atoms with Gasteiger partial charge in [0.2, 0.25) is 0 Å². The summed E-state index contributed by atoms with van der Waals surface area (Å²) in [6.07, 6.45) is 2.18. The van der Waals surface area contributed by atoms with Crippen LogP contribution in [0.3, 0.4) is 0 Å². The molecular formula is C14H14Br2N2O3. The standard InChI is InChI=1S/C14H14Br2N2O3/c1-18(4-2-3-13(19)20)14(21)9-7-17-12-6-11(16)10(15)5-8(9)12/h5-7,17H,2-4H2,1H3,(H,19,20). The Morgan fingerprint density at radius 3 is 2.62 bits per heavy atom. The second-order valence-corrected chi connectivity index (χ2v) is 6.45. The van der Waals surface area contributed by atoms with Gasteiger partial charge in [0.1, 0.15) is 0 Å². The number of aromatic nitrogens is 1. The smallest absolute Gasteiger partial charge is 0.303 e. The van der Waals surface area contributed by atoms with Crippen molar-refractivity contribution in [3.63, 3.8) is 0 Å². The summed E-state index contributed by atoms with van der Waals surface area (Å²) in [4.78, 5) is 27.5. The summed E-state index contributed by atoms with van der Waals surface area (Å²) in [5.74, 6) is -0.974. The molecular weight excluding hydrogens is 404 g/mol. The number of amides is 1. The number of carbonyl (C=O) groups excluding carboxylic acids is 1. The van der Waals surface area contributed by atoms with Gasteiger partial charge in [-0.1, -0.05) is 0 Å². The molecule has 2 N–H and O–H groups in total. The Bertz CT molecular complexity index is 697. The Morgan fingerprint density at radius 2 is 1.95 bits per heavy atom. The summed E-state index contributed by atoms with van der Waals surface area (Å²) in [5, 5.41) is 9.46. The summed E-state index contributed by atoms with van der Waals surface area (Å²) >= 11 is 6.85. The Hall–Kier alpha value is -1.34. The fraction of sp³-hybridized carbons (Fsp3) is 0.286. The molecule has 0 aliphatic carbocycles. The predicted molar refractivity (Wildman–Crippen MR) is 87.5 cm³/mol. The van der Waals surface area contributed by atoms with Crippen molar-refractivity contribution < 1.29 is 14.7 Å². The van der Waals surface area contributed by atoms with E-state index in [1.165, 1.54) is 0 Å². The van der Waals surface area contributed by atoms with Crippen molar-refractivity contribution in [2.45, 2.75) is 12.8 Å². The molecule has 0 fully saturated rings. The number of aliphatic carboxylic acids is 1. The minimum atomic E-state index is -0.850. The van der Waals surface area contributed by atoms with Gasteiger partial charge in [-0.2, -0.15) is 0 Å². The number of H-pyrrole nitrogens is 1. The van der Waals surface area contributed by atoms with E-state index in [0.717, 1.165) is 19.8 Å². The zero-order valence-electron chi connectivity index (χ0n) is 11.3. The molecule has 1 aromatic carbocycles. The van der Waals surface area contributed by atoms with E-state index in [2.05, 4.69) is 36.8 Å². The molecule has 5 nitrogen and oxygen atoms in total. The lowest BCUT2D eigenvalue weighted by Gasteiger charge is -2.16. The van der Waals surface area contributed by atoms with Crippen LogP contribution in [0.25, 0.3) is 10.9 Å². The third-order valence-electron chi connectivity index (χ3n) is 3.18. The molecule has 0 saturated carbocycles. The van der Waals surface area contributed by atoms with Gasteiger partial charge in [0.25, 0.3) is 5.91 Å². The summed E-state index contributed by atoms with van der Waals surface area (Å²) < 4.78 is 1.78. The molecule has 21 heavy (non-hydrogen) atoms. The average Bonchev–Trinajstić information content (AvgIpc) is 2.80. The highest BCUT2D eigenvalue weighted by atomic mass is 79.9. The highest BCUT2D eigenvalue weighted by Crippen LogP contribution is 2.30. The molecule has 2 aromatic rings. The number of benzene rings is 1. The molecule has 0 bridgehead atoms. The number of hydrogen-bond acceptors (Lipinski definition) is 2. The van der Waals surface area contributed by atoms with Crippen LogP contribution in [0, 0.1) is 0 Å². The summed E-state index contributed by atoms with van der Waals surface area (Å²) in [6.45, 7) is 0.412. The van der Waals surface area contributed by atoms with Gasteiger partial charge in [0.15, 0.2) is 0 Å². The van der Waals surface area contributed by atoms with Gasteiger partial charge in [-0.15, -0.1) is 0 Å². The fourth-order valence-electron chi connectivity index (χ4n) is 2.07. The average molecular weight is 418 g/mol. The lowest BCUT2D eigenvalue weighted by molar-refractivity contribution is -0.137. The van der Waals surface area contributed by atoms with Crippen LogP contribution in [0.2, 0.25) is 0 Å². The van der Waals surface area contributed by atoms with Crippen LogP contribution in [-0.2, 0) is 4.79 Å². The zero-order valence-corrected chi connectivity index (χ0v) is 14.5. The van der Waals surface area contributed by atoms with Gasteiger partial charge in [-0.3, -0.25) is 9.59 Å². The monoisotopic (exact) mass is 416 g/mol. The van der Waals surface area contributed by atoms with E-state index in [0.29, 0.717) is 18.5 Å². The molecule has 0 unspecified atom stereocenters. The van der Waals surface area contributed by atoms with Gasteiger partial charge in [-0.25, -0.2) is 0 Å². The quantitative estimate of drug-likeness (QED) is 0.779. The van der Waals surface area contributed by atoms with Gasteiger partial charge in [0.05, 0.1) is 5.56 Å². The highest BCUT2D eigenvalue weighted by Gasteiger charge is 2.17. The molecule has 0 aliphatic heterocycles. The third kappa shape index (κ3) is 3.65. The first kappa shape index (κ1) is 16.0. The minimum Gasteiger partial charge on any atom is -0.481 e. The fourth-order valence-corrected chi connectivity index (χ4v) is 2.76. The van der Waals surface area contributed by atoms with Crippen LogP contribution >= 0.6 is 31.9 Å². The Balaban J connectivity index is 2.19. The van der Waals surface area contributed by atoms with E-state index >= 15 is 0 Å². The number of carbonyl (C=O) groups is 2. The van der Waals surface area contributed by atoms with Crippen molar-refractivity contribution in [2.75, 3.05) is 13.6 Å². The van der Waals surface area contributed by atoms with Crippen LogP contribution in [0.4, 0.5) is 0 Å². The topological polar surface area (TPSA) is 73.4 Å². The van der Waals surface area contributed by atoms with Crippen molar-refractivity contribution in [2.24, 2.45) is 0 Å². The van der Waals surface area contributed by atoms with Crippen LogP contribution in [-0.4, -0.2) is 40.5 Å². The Labute approximate surface area is 138 Å². The SMILES string of the molecule is CN(CCCC(=O)O)C(=O)c1c[nH]c2cc(Br)c(Br)cc12. The number of halogens is 2. The van der Waals surface area contributed by atoms with Crippen molar-refractivity contribution in [3.05, 3.63) is 32.8 Å². The molecule has 1 aromatic heterocycles. The van der Waals surface area contributed by atoms with Crippen LogP contribution in [0.5, 0.6) is 0 Å². The van der Waals surface area contributed by atoms with Gasteiger partial charge in [0, 0.05) is 46.1 Å². The maximum atomic E-state index is 12.4. The molecule has 0 saturated heterocycles. The predicted octanol–water partition coefficient (Wildman–Crippen LogP) is 3.63. The highest BCUT2D eigenvalue weighted by molar-refractivity contribution is 9.13. The van der Waals surface area contributed by atoms with E-state index in [-0.39, 0.29) is 12.3 Å². The normalized spacial score (nSPS) is 10.8. The Kier molecular flexibility index (Phi) is 5.05. The molecule has 7 heteroatoms. The largest absolute Gasteiger partial charge is 0.481 e. The van der Waals surface area contributed by atoms with Gasteiger partial charge < -0.3 is 15.0 Å². The maximum absolute atomic E-state index is 12.4. The summed E-state index contributed by atoms with van der Waals surface area (Å²) in [5.41, 5.74) is 1.45. The van der Waals surface area contributed by atoms with Crippen molar-refractivity contribution >= 4 is 54.6 Å². The third-order valence-corrected chi connectivity index (χ3v) is 5.03. The first-order valence-electron chi connectivity index (χ1n) is 6.33. The van der Waals surface area contributed by atoms with Crippen molar-refractivity contribution in [3.8, 4) is 0 Å². The van der Waals surface area contributed by atoms with Crippen LogP contribution < -0.4 is 0 Å². The van der Waals surface area contributed by atoms with Crippen molar-refractivity contribution in [1.29, 1.82) is 0 Å². The molecule has 0 spiro atoms. The summed E-state index contributed by atoms with van der Waals surface area (Å²) in [7, 11) is 1.68. The molecule has 1 heterocycles. The lowest BCUT2D eigenvalue weighted by atomic mass is 10.1. The molecule has 0 atom stereocenters. The Morgan fingerprint density at radius 1 is 1.29 bits per heavy atom. The molecule has 2 rings (SSSR count). The molecule has 1 amide bonds. The number of carboxylic acid groups (broad SMARTS) is 1. The second-order valence-electron chi connectivity index (χ2n) is 4.74. The first-order valence-corrected chi connectivity index (χ1v) is 7.92. The van der Waals surface area contributed by atoms with E-state index < -0.39 is 5.97 Å². The van der Waals surface area contributed by atoms with Crippen molar-refractivity contribution in [1.82, 2.24) is 9.88 Å². The molecule has 0 radical (unpaired) electrons. The number of hydrogen-bond donors (Lipinski definition) is 2. The zero-order chi connectivity index (χ0) is 15.6. The van der Waals surface area contributed by atoms with E-state index in [1.807, 2.05) is 12.1 Å². The van der Waals surface area contributed by atoms with Crippen LogP contribution in [0.1, 0.15) is 23.2 Å².